The van der Waals surface area contributed by atoms with Crippen LogP contribution in [-0.2, 0) is 16.4 Å². The van der Waals surface area contributed by atoms with Gasteiger partial charge in [0.2, 0.25) is 0 Å². The molecule has 0 bridgehead atoms. The van der Waals surface area contributed by atoms with Gasteiger partial charge in [-0.2, -0.15) is 0 Å². The fourth-order valence-corrected chi connectivity index (χ4v) is 7.74. The molecule has 202 valence electrons. The smallest absolute Gasteiger partial charge is 0.343 e. The highest BCUT2D eigenvalue weighted by molar-refractivity contribution is 7.92. The Morgan fingerprint density at radius 1 is 0.974 bits per heavy atom. The van der Waals surface area contributed by atoms with E-state index in [1.54, 1.807) is 17.4 Å². The van der Waals surface area contributed by atoms with Crippen LogP contribution in [0.15, 0.2) is 71.6 Å². The number of esters is 1. The van der Waals surface area contributed by atoms with Crippen LogP contribution in [0.5, 0.6) is 5.75 Å². The van der Waals surface area contributed by atoms with E-state index in [9.17, 15) is 13.2 Å². The minimum absolute atomic E-state index is 0.147. The third-order valence-corrected chi connectivity index (χ3v) is 10.3. The number of fused-ring (bicyclic) bond motifs is 2. The number of benzene rings is 3. The van der Waals surface area contributed by atoms with E-state index in [2.05, 4.69) is 16.7 Å². The summed E-state index contributed by atoms with van der Waals surface area (Å²) in [5.41, 5.74) is 2.90. The molecule has 0 radical (unpaired) electrons. The van der Waals surface area contributed by atoms with Crippen LogP contribution in [0.1, 0.15) is 29.3 Å². The SMILES string of the molecule is CCN1CCN(c2nc3ccc(OC(=O)c4ccc(S(=O)(=O)N5CCCc6ccccc65)cc4)cc3s2)CC1. The van der Waals surface area contributed by atoms with Gasteiger partial charge in [0, 0.05) is 38.8 Å². The highest BCUT2D eigenvalue weighted by Crippen LogP contribution is 2.33. The topological polar surface area (TPSA) is 83.0 Å². The van der Waals surface area contributed by atoms with Crippen LogP contribution in [0, 0.1) is 0 Å². The third-order valence-electron chi connectivity index (χ3n) is 7.39. The van der Waals surface area contributed by atoms with Gasteiger partial charge in [-0.25, -0.2) is 18.2 Å². The van der Waals surface area contributed by atoms with Crippen molar-refractivity contribution in [3.8, 4) is 5.75 Å². The number of aryl methyl sites for hydroxylation is 1. The summed E-state index contributed by atoms with van der Waals surface area (Å²) in [4.78, 5) is 22.5. The van der Waals surface area contributed by atoms with Crippen LogP contribution < -0.4 is 13.9 Å². The molecule has 10 heteroatoms. The van der Waals surface area contributed by atoms with E-state index >= 15 is 0 Å². The molecule has 0 unspecified atom stereocenters. The molecule has 0 spiro atoms. The first kappa shape index (κ1) is 25.8. The van der Waals surface area contributed by atoms with Gasteiger partial charge < -0.3 is 14.5 Å². The molecule has 6 rings (SSSR count). The van der Waals surface area contributed by atoms with Crippen LogP contribution in [0.2, 0.25) is 0 Å². The van der Waals surface area contributed by atoms with Crippen molar-refractivity contribution in [3.63, 3.8) is 0 Å². The van der Waals surface area contributed by atoms with Gasteiger partial charge in [-0.15, -0.1) is 0 Å². The molecular weight excluding hydrogens is 532 g/mol. The monoisotopic (exact) mass is 562 g/mol. The van der Waals surface area contributed by atoms with E-state index in [0.29, 0.717) is 12.3 Å². The van der Waals surface area contributed by atoms with E-state index < -0.39 is 16.0 Å². The molecule has 0 N–H and O–H groups in total. The second-order valence-electron chi connectivity index (χ2n) is 9.77. The number of ether oxygens (including phenoxy) is 1. The largest absolute Gasteiger partial charge is 0.423 e. The minimum Gasteiger partial charge on any atom is -0.423 e. The number of aromatic nitrogens is 1. The number of carbonyl (C=O) groups is 1. The molecule has 3 aromatic carbocycles. The molecule has 1 saturated heterocycles. The van der Waals surface area contributed by atoms with Crippen LogP contribution in [0.4, 0.5) is 10.8 Å². The fraction of sp³-hybridized carbons (Fsp3) is 0.310. The van der Waals surface area contributed by atoms with Crippen LogP contribution in [0.25, 0.3) is 10.2 Å². The number of sulfonamides is 1. The molecule has 1 fully saturated rings. The Morgan fingerprint density at radius 2 is 1.74 bits per heavy atom. The number of para-hydroxylation sites is 1. The lowest BCUT2D eigenvalue weighted by Gasteiger charge is -2.33. The Labute approximate surface area is 232 Å². The number of piperazine rings is 1. The van der Waals surface area contributed by atoms with Gasteiger partial charge in [0.1, 0.15) is 5.75 Å². The van der Waals surface area contributed by atoms with Crippen LogP contribution >= 0.6 is 11.3 Å². The van der Waals surface area contributed by atoms with E-state index in [1.165, 1.54) is 28.6 Å². The van der Waals surface area contributed by atoms with E-state index in [-0.39, 0.29) is 10.5 Å². The summed E-state index contributed by atoms with van der Waals surface area (Å²) in [6.45, 7) is 7.63. The zero-order chi connectivity index (χ0) is 27.0. The van der Waals surface area contributed by atoms with Crippen molar-refractivity contribution >= 4 is 48.4 Å². The zero-order valence-electron chi connectivity index (χ0n) is 21.7. The summed E-state index contributed by atoms with van der Waals surface area (Å²) in [6.07, 6.45) is 1.62. The maximum atomic E-state index is 13.4. The van der Waals surface area contributed by atoms with Gasteiger partial charge in [0.05, 0.1) is 26.4 Å². The van der Waals surface area contributed by atoms with Gasteiger partial charge >= 0.3 is 5.97 Å². The van der Waals surface area contributed by atoms with Gasteiger partial charge in [0.25, 0.3) is 10.0 Å². The van der Waals surface area contributed by atoms with Gasteiger partial charge in [-0.3, -0.25) is 4.31 Å². The normalized spacial score (nSPS) is 16.3. The van der Waals surface area contributed by atoms with Crippen LogP contribution in [-0.4, -0.2) is 63.5 Å². The number of anilines is 2. The van der Waals surface area contributed by atoms with Crippen molar-refractivity contribution in [1.29, 1.82) is 0 Å². The molecule has 0 amide bonds. The molecule has 4 aromatic rings. The van der Waals surface area contributed by atoms with Crippen molar-refractivity contribution in [1.82, 2.24) is 9.88 Å². The average molecular weight is 563 g/mol. The van der Waals surface area contributed by atoms with Crippen LogP contribution in [0.3, 0.4) is 0 Å². The lowest BCUT2D eigenvalue weighted by atomic mass is 10.0. The van der Waals surface area contributed by atoms with E-state index in [4.69, 9.17) is 9.72 Å². The number of carbonyl (C=O) groups excluding carboxylic acids is 1. The summed E-state index contributed by atoms with van der Waals surface area (Å²) < 4.78 is 34.8. The van der Waals surface area contributed by atoms with Gasteiger partial charge in [-0.05, 0) is 67.4 Å². The molecule has 2 aliphatic rings. The van der Waals surface area contributed by atoms with Crippen molar-refractivity contribution < 1.29 is 17.9 Å². The molecule has 0 aliphatic carbocycles. The maximum absolute atomic E-state index is 13.4. The minimum atomic E-state index is -3.74. The first-order chi connectivity index (χ1) is 18.9. The second kappa shape index (κ2) is 10.6. The summed E-state index contributed by atoms with van der Waals surface area (Å²) in [7, 11) is -3.74. The number of likely N-dealkylation sites (N-methyl/N-ethyl adjacent to an activating group) is 1. The first-order valence-corrected chi connectivity index (χ1v) is 15.5. The second-order valence-corrected chi connectivity index (χ2v) is 12.6. The number of nitrogens with zero attached hydrogens (tertiary/aromatic N) is 4. The number of hydrogen-bond donors (Lipinski definition) is 0. The number of rotatable bonds is 6. The summed E-state index contributed by atoms with van der Waals surface area (Å²) in [5, 5.41) is 0.984. The van der Waals surface area contributed by atoms with E-state index in [1.807, 2.05) is 36.4 Å². The maximum Gasteiger partial charge on any atom is 0.343 e. The molecule has 3 heterocycles. The quantitative estimate of drug-likeness (QED) is 0.247. The molecule has 0 atom stereocenters. The number of thiazole rings is 1. The summed E-state index contributed by atoms with van der Waals surface area (Å²) in [6, 6.07) is 19.0. The third kappa shape index (κ3) is 5.11. The Hall–Kier alpha value is -3.47. The first-order valence-electron chi connectivity index (χ1n) is 13.2. The van der Waals surface area contributed by atoms with Gasteiger partial charge in [0.15, 0.2) is 5.13 Å². The summed E-state index contributed by atoms with van der Waals surface area (Å²) in [5.74, 6) is -0.109. The predicted octanol–water partition coefficient (Wildman–Crippen LogP) is 4.80. The Kier molecular flexibility index (Phi) is 7.01. The fourth-order valence-electron chi connectivity index (χ4n) is 5.15. The molecular formula is C29H30N4O4S2. The number of hydrogen-bond acceptors (Lipinski definition) is 8. The Morgan fingerprint density at radius 3 is 2.51 bits per heavy atom. The molecule has 8 nitrogen and oxygen atoms in total. The van der Waals surface area contributed by atoms with Crippen molar-refractivity contribution in [2.75, 3.05) is 48.5 Å². The summed E-state index contributed by atoms with van der Waals surface area (Å²) >= 11 is 1.60. The molecule has 1 aromatic heterocycles. The zero-order valence-corrected chi connectivity index (χ0v) is 23.4. The highest BCUT2D eigenvalue weighted by atomic mass is 32.2. The average Bonchev–Trinajstić information content (AvgIpc) is 3.40. The molecule has 2 aliphatic heterocycles. The Bertz CT molecular complexity index is 1610. The van der Waals surface area contributed by atoms with Gasteiger partial charge in [-0.1, -0.05) is 36.5 Å². The predicted molar refractivity (Wildman–Crippen MR) is 155 cm³/mol. The van der Waals surface area contributed by atoms with Crippen molar-refractivity contribution in [3.05, 3.63) is 77.9 Å². The van der Waals surface area contributed by atoms with Crippen molar-refractivity contribution in [2.45, 2.75) is 24.7 Å². The van der Waals surface area contributed by atoms with E-state index in [0.717, 1.165) is 72.2 Å². The lowest BCUT2D eigenvalue weighted by Crippen LogP contribution is -2.46. The highest BCUT2D eigenvalue weighted by Gasteiger charge is 2.29. The van der Waals surface area contributed by atoms with Crippen molar-refractivity contribution in [2.24, 2.45) is 0 Å². The molecule has 0 saturated carbocycles. The lowest BCUT2D eigenvalue weighted by molar-refractivity contribution is 0.0735. The standard InChI is InChI=1S/C29H30N4O4S2/c1-2-31-16-18-32(19-17-31)29-30-25-14-11-23(20-27(25)38-29)37-28(34)22-9-12-24(13-10-22)39(35,36)33-15-5-7-21-6-3-4-8-26(21)33/h3-4,6,8-14,20H,2,5,7,15-19H2,1H3. The molecule has 39 heavy (non-hydrogen) atoms. The Balaban J connectivity index is 1.15.